The smallest absolute Gasteiger partial charge is 0.232 e. The number of Topliss-reactive ketones (excluding diaryl/α,β-unsaturated/α-hetero) is 1. The number of methoxy groups -OCH3 is 1. The van der Waals surface area contributed by atoms with E-state index in [9.17, 15) is 9.59 Å². The molecule has 2 aromatic carbocycles. The average Bonchev–Trinajstić information content (AvgIpc) is 2.72. The fraction of sp³-hybridized carbons (Fsp3) is 0.385. The summed E-state index contributed by atoms with van der Waals surface area (Å²) in [6.45, 7) is 4.20. The summed E-state index contributed by atoms with van der Waals surface area (Å²) < 4.78 is 5.27. The molecule has 1 atom stereocenters. The van der Waals surface area contributed by atoms with Crippen molar-refractivity contribution >= 4 is 23.1 Å². The van der Waals surface area contributed by atoms with Crippen LogP contribution in [0.25, 0.3) is 0 Å². The number of carbonyl (C=O) groups excluding carboxylic acids is 2. The summed E-state index contributed by atoms with van der Waals surface area (Å²) in [5, 5.41) is 0. The van der Waals surface area contributed by atoms with Crippen molar-refractivity contribution in [1.82, 2.24) is 0 Å². The normalized spacial score (nSPS) is 20.5. The van der Waals surface area contributed by atoms with Crippen molar-refractivity contribution in [1.29, 1.82) is 0 Å². The van der Waals surface area contributed by atoms with Gasteiger partial charge >= 0.3 is 0 Å². The third-order valence-electron chi connectivity index (χ3n) is 6.29. The minimum atomic E-state index is -0.197. The molecule has 0 saturated carbocycles. The Morgan fingerprint density at radius 3 is 2.19 bits per heavy atom. The van der Waals surface area contributed by atoms with E-state index in [1.165, 1.54) is 0 Å². The maximum atomic E-state index is 13.4. The molecule has 1 heterocycles. The van der Waals surface area contributed by atoms with E-state index < -0.39 is 0 Å². The van der Waals surface area contributed by atoms with Gasteiger partial charge in [-0.3, -0.25) is 14.5 Å². The van der Waals surface area contributed by atoms with Gasteiger partial charge in [0.1, 0.15) is 5.75 Å². The second kappa shape index (κ2) is 7.88. The number of ether oxygens (including phenoxy) is 1. The molecule has 1 aliphatic heterocycles. The maximum absolute atomic E-state index is 13.4. The van der Waals surface area contributed by atoms with Crippen LogP contribution in [-0.4, -0.2) is 32.9 Å². The second-order valence-electron chi connectivity index (χ2n) is 9.47. The first-order chi connectivity index (χ1) is 14.7. The van der Waals surface area contributed by atoms with Gasteiger partial charge in [-0.05, 0) is 53.8 Å². The predicted molar refractivity (Wildman–Crippen MR) is 124 cm³/mol. The van der Waals surface area contributed by atoms with Gasteiger partial charge in [-0.1, -0.05) is 26.0 Å². The molecule has 1 amide bonds. The molecule has 0 aromatic heterocycles. The van der Waals surface area contributed by atoms with Gasteiger partial charge < -0.3 is 9.64 Å². The van der Waals surface area contributed by atoms with E-state index in [0.29, 0.717) is 19.3 Å². The van der Waals surface area contributed by atoms with Gasteiger partial charge in [0.15, 0.2) is 5.78 Å². The van der Waals surface area contributed by atoms with Crippen molar-refractivity contribution in [3.8, 4) is 5.75 Å². The molecule has 162 valence electrons. The molecule has 5 nitrogen and oxygen atoms in total. The molecule has 1 unspecified atom stereocenters. The number of benzene rings is 2. The molecule has 5 heteroatoms. The molecule has 0 N–H and O–H groups in total. The Labute approximate surface area is 184 Å². The lowest BCUT2D eigenvalue weighted by Gasteiger charge is -2.43. The van der Waals surface area contributed by atoms with E-state index in [1.54, 1.807) is 12.0 Å². The van der Waals surface area contributed by atoms with E-state index in [0.717, 1.165) is 34.0 Å². The molecule has 2 aromatic rings. The van der Waals surface area contributed by atoms with Crippen LogP contribution < -0.4 is 14.5 Å². The quantitative estimate of drug-likeness (QED) is 0.707. The van der Waals surface area contributed by atoms with Crippen LogP contribution >= 0.6 is 0 Å². The zero-order valence-electron chi connectivity index (χ0n) is 18.9. The Bertz CT molecular complexity index is 1030. The topological polar surface area (TPSA) is 49.9 Å². The van der Waals surface area contributed by atoms with Crippen molar-refractivity contribution < 1.29 is 14.3 Å². The number of rotatable bonds is 4. The molecule has 0 fully saturated rings. The van der Waals surface area contributed by atoms with E-state index in [4.69, 9.17) is 4.74 Å². The van der Waals surface area contributed by atoms with Gasteiger partial charge in [0, 0.05) is 55.5 Å². The van der Waals surface area contributed by atoms with Crippen LogP contribution in [0.5, 0.6) is 5.75 Å². The highest BCUT2D eigenvalue weighted by atomic mass is 16.5. The Morgan fingerprint density at radius 2 is 1.61 bits per heavy atom. The number of carbonyl (C=O) groups is 2. The van der Waals surface area contributed by atoms with Crippen molar-refractivity contribution in [2.24, 2.45) is 5.41 Å². The summed E-state index contributed by atoms with van der Waals surface area (Å²) >= 11 is 0. The summed E-state index contributed by atoms with van der Waals surface area (Å²) in [6.07, 6.45) is 1.49. The first kappa shape index (κ1) is 21.2. The van der Waals surface area contributed by atoms with Crippen LogP contribution in [0, 0.1) is 5.41 Å². The lowest BCUT2D eigenvalue weighted by atomic mass is 9.69. The van der Waals surface area contributed by atoms with E-state index >= 15 is 0 Å². The minimum absolute atomic E-state index is 0.0242. The number of anilines is 2. The summed E-state index contributed by atoms with van der Waals surface area (Å²) in [5.41, 5.74) is 4.37. The predicted octanol–water partition coefficient (Wildman–Crippen LogP) is 4.92. The van der Waals surface area contributed by atoms with Gasteiger partial charge in [-0.2, -0.15) is 0 Å². The lowest BCUT2D eigenvalue weighted by molar-refractivity contribution is -0.121. The fourth-order valence-corrected chi connectivity index (χ4v) is 4.74. The largest absolute Gasteiger partial charge is 0.497 e. The van der Waals surface area contributed by atoms with Crippen molar-refractivity contribution in [3.63, 3.8) is 0 Å². The molecule has 0 saturated heterocycles. The van der Waals surface area contributed by atoms with Crippen molar-refractivity contribution in [2.75, 3.05) is 31.0 Å². The number of nitrogens with zero attached hydrogens (tertiary/aromatic N) is 2. The number of hydrogen-bond acceptors (Lipinski definition) is 4. The molecule has 4 rings (SSSR count). The van der Waals surface area contributed by atoms with Gasteiger partial charge in [0.2, 0.25) is 5.91 Å². The molecule has 2 aliphatic rings. The summed E-state index contributed by atoms with van der Waals surface area (Å²) in [5.74, 6) is 0.716. The standard InChI is InChI=1S/C26H30N2O3/c1-26(2)15-22-25(23(29)16-26)21(17-6-8-18(9-7-17)27(3)4)14-24(30)28(22)19-10-12-20(31-5)13-11-19/h6-13,21H,14-16H2,1-5H3. The number of amides is 1. The van der Waals surface area contributed by atoms with E-state index in [2.05, 4.69) is 13.8 Å². The van der Waals surface area contributed by atoms with Crippen LogP contribution in [0.3, 0.4) is 0 Å². The Balaban J connectivity index is 1.82. The first-order valence-corrected chi connectivity index (χ1v) is 10.7. The third-order valence-corrected chi connectivity index (χ3v) is 6.29. The van der Waals surface area contributed by atoms with Crippen molar-refractivity contribution in [3.05, 3.63) is 65.4 Å². The van der Waals surface area contributed by atoms with Crippen LogP contribution in [0.4, 0.5) is 11.4 Å². The van der Waals surface area contributed by atoms with E-state index in [-0.39, 0.29) is 23.0 Å². The zero-order chi connectivity index (χ0) is 22.3. The first-order valence-electron chi connectivity index (χ1n) is 10.7. The molecule has 1 aliphatic carbocycles. The molecule has 0 bridgehead atoms. The van der Waals surface area contributed by atoms with E-state index in [1.807, 2.05) is 67.5 Å². The Kier molecular flexibility index (Phi) is 5.38. The number of hydrogen-bond donors (Lipinski definition) is 0. The fourth-order valence-electron chi connectivity index (χ4n) is 4.74. The van der Waals surface area contributed by atoms with Crippen LogP contribution in [0.1, 0.15) is 44.6 Å². The molecular formula is C26H30N2O3. The zero-order valence-corrected chi connectivity index (χ0v) is 18.9. The minimum Gasteiger partial charge on any atom is -0.497 e. The van der Waals surface area contributed by atoms with Gasteiger partial charge in [0.25, 0.3) is 0 Å². The summed E-state index contributed by atoms with van der Waals surface area (Å²) in [7, 11) is 5.62. The third kappa shape index (κ3) is 3.97. The lowest BCUT2D eigenvalue weighted by Crippen LogP contribution is -2.43. The molecule has 0 spiro atoms. The maximum Gasteiger partial charge on any atom is 0.232 e. The summed E-state index contributed by atoms with van der Waals surface area (Å²) in [4.78, 5) is 30.6. The van der Waals surface area contributed by atoms with Crippen LogP contribution in [0.2, 0.25) is 0 Å². The average molecular weight is 419 g/mol. The van der Waals surface area contributed by atoms with Crippen LogP contribution in [-0.2, 0) is 9.59 Å². The Hall–Kier alpha value is -3.08. The van der Waals surface area contributed by atoms with Gasteiger partial charge in [-0.25, -0.2) is 0 Å². The molecule has 0 radical (unpaired) electrons. The molecular weight excluding hydrogens is 388 g/mol. The molecule has 31 heavy (non-hydrogen) atoms. The highest BCUT2D eigenvalue weighted by Gasteiger charge is 2.44. The van der Waals surface area contributed by atoms with Gasteiger partial charge in [-0.15, -0.1) is 0 Å². The SMILES string of the molecule is COc1ccc(N2C(=O)CC(c3ccc(N(C)C)cc3)C3=C2CC(C)(C)CC3=O)cc1. The monoisotopic (exact) mass is 418 g/mol. The van der Waals surface area contributed by atoms with Gasteiger partial charge in [0.05, 0.1) is 7.11 Å². The number of allylic oxidation sites excluding steroid dienone is 2. The second-order valence-corrected chi connectivity index (χ2v) is 9.47. The number of ketones is 1. The highest BCUT2D eigenvalue weighted by molar-refractivity contribution is 6.07. The Morgan fingerprint density at radius 1 is 0.968 bits per heavy atom. The summed E-state index contributed by atoms with van der Waals surface area (Å²) in [6, 6.07) is 15.7. The van der Waals surface area contributed by atoms with Crippen molar-refractivity contribution in [2.45, 2.75) is 39.0 Å². The van der Waals surface area contributed by atoms with Crippen LogP contribution in [0.15, 0.2) is 59.8 Å². The highest BCUT2D eigenvalue weighted by Crippen LogP contribution is 2.48.